The molecule has 0 radical (unpaired) electrons. The maximum absolute atomic E-state index is 12.2. The van der Waals surface area contributed by atoms with Gasteiger partial charge in [0.25, 0.3) is 5.91 Å². The largest absolute Gasteiger partial charge is 0.451 e. The van der Waals surface area contributed by atoms with Gasteiger partial charge in [-0.05, 0) is 55.9 Å². The predicted molar refractivity (Wildman–Crippen MR) is 106 cm³/mol. The van der Waals surface area contributed by atoms with E-state index < -0.39 is 11.9 Å². The summed E-state index contributed by atoms with van der Waals surface area (Å²) in [7, 11) is 0. The number of amides is 1. The number of hydrogen-bond donors (Lipinski definition) is 1. The van der Waals surface area contributed by atoms with Gasteiger partial charge in [0.1, 0.15) is 4.88 Å². The third-order valence-electron chi connectivity index (χ3n) is 4.33. The molecule has 0 atom stereocenters. The molecule has 7 heteroatoms. The second-order valence-corrected chi connectivity index (χ2v) is 8.22. The number of fused-ring (bicyclic) bond motifs is 1. The summed E-state index contributed by atoms with van der Waals surface area (Å²) in [6.45, 7) is 1.43. The van der Waals surface area contributed by atoms with Crippen LogP contribution in [0.4, 0.5) is 5.69 Å². The zero-order valence-corrected chi connectivity index (χ0v) is 16.7. The summed E-state index contributed by atoms with van der Waals surface area (Å²) in [5.74, 6) is -0.953. The number of carbonyl (C=O) groups excluding carboxylic acids is 2. The summed E-state index contributed by atoms with van der Waals surface area (Å²) < 4.78 is 5.15. The molecule has 2 aromatic rings. The molecule has 1 aliphatic rings. The molecule has 138 valence electrons. The second-order valence-electron chi connectivity index (χ2n) is 6.30. The van der Waals surface area contributed by atoms with Crippen LogP contribution in [0.25, 0.3) is 0 Å². The lowest BCUT2D eigenvalue weighted by Gasteiger charge is -2.11. The van der Waals surface area contributed by atoms with E-state index in [4.69, 9.17) is 27.9 Å². The zero-order chi connectivity index (χ0) is 18.7. The topological polar surface area (TPSA) is 55.4 Å². The summed E-state index contributed by atoms with van der Waals surface area (Å²) in [6.07, 6.45) is 5.55. The highest BCUT2D eigenvalue weighted by molar-refractivity contribution is 7.14. The van der Waals surface area contributed by atoms with Gasteiger partial charge >= 0.3 is 5.97 Å². The molecule has 1 aromatic heterocycles. The van der Waals surface area contributed by atoms with Crippen molar-refractivity contribution in [3.8, 4) is 0 Å². The van der Waals surface area contributed by atoms with Gasteiger partial charge in [-0.25, -0.2) is 4.79 Å². The maximum atomic E-state index is 12.2. The van der Waals surface area contributed by atoms with Gasteiger partial charge in [0.05, 0.1) is 15.7 Å². The molecule has 0 spiro atoms. The number of nitrogens with one attached hydrogen (secondary N) is 1. The van der Waals surface area contributed by atoms with Crippen molar-refractivity contribution in [2.24, 2.45) is 0 Å². The molecule has 3 rings (SSSR count). The van der Waals surface area contributed by atoms with Crippen LogP contribution in [-0.4, -0.2) is 18.5 Å². The van der Waals surface area contributed by atoms with Crippen LogP contribution < -0.4 is 5.32 Å². The Hall–Kier alpha value is -1.56. The lowest BCUT2D eigenvalue weighted by Crippen LogP contribution is -2.21. The fourth-order valence-electron chi connectivity index (χ4n) is 2.92. The van der Waals surface area contributed by atoms with Gasteiger partial charge in [-0.1, -0.05) is 35.7 Å². The molecule has 1 heterocycles. The molecule has 0 bridgehead atoms. The Balaban J connectivity index is 1.60. The number of hydrogen-bond acceptors (Lipinski definition) is 4. The average molecular weight is 412 g/mol. The van der Waals surface area contributed by atoms with Gasteiger partial charge in [-0.15, -0.1) is 11.3 Å². The van der Waals surface area contributed by atoms with Gasteiger partial charge < -0.3 is 10.1 Å². The Bertz CT molecular complexity index is 824. The second kappa shape index (κ2) is 8.42. The molecule has 0 aliphatic heterocycles. The lowest BCUT2D eigenvalue weighted by atomic mass is 10.1. The Morgan fingerprint density at radius 1 is 1.19 bits per heavy atom. The number of benzene rings is 1. The molecule has 0 fully saturated rings. The van der Waals surface area contributed by atoms with E-state index in [-0.39, 0.29) is 6.61 Å². The predicted octanol–water partition coefficient (Wildman–Crippen LogP) is 5.43. The molecule has 1 aliphatic carbocycles. The molecule has 1 aromatic carbocycles. The van der Waals surface area contributed by atoms with Gasteiger partial charge in [0, 0.05) is 4.88 Å². The highest BCUT2D eigenvalue weighted by Crippen LogP contribution is 2.33. The molecule has 0 saturated carbocycles. The average Bonchev–Trinajstić information content (AvgIpc) is 2.91. The van der Waals surface area contributed by atoms with Gasteiger partial charge in [0.15, 0.2) is 6.61 Å². The van der Waals surface area contributed by atoms with E-state index in [0.717, 1.165) is 31.2 Å². The normalized spacial score (nSPS) is 13.7. The number of ether oxygens (including phenoxy) is 1. The fourth-order valence-corrected chi connectivity index (χ4v) is 4.53. The number of anilines is 1. The fraction of sp³-hybridized carbons (Fsp3) is 0.368. The SMILES string of the molecule is Cc1ccc(Cl)c(NC(=O)COC(=O)c2cc3c(s2)CCCCC3)c1Cl. The van der Waals surface area contributed by atoms with Gasteiger partial charge in [-0.3, -0.25) is 4.79 Å². The Morgan fingerprint density at radius 3 is 2.77 bits per heavy atom. The standard InChI is InChI=1S/C19H19Cl2NO3S/c1-11-7-8-13(20)18(17(11)21)22-16(23)10-25-19(24)15-9-12-5-3-2-4-6-14(12)26-15/h7-9H,2-6,10H2,1H3,(H,22,23). The minimum atomic E-state index is -0.481. The smallest absolute Gasteiger partial charge is 0.348 e. The van der Waals surface area contributed by atoms with E-state index >= 15 is 0 Å². The van der Waals surface area contributed by atoms with Gasteiger partial charge in [0.2, 0.25) is 0 Å². The number of esters is 1. The summed E-state index contributed by atoms with van der Waals surface area (Å²) in [5, 5.41) is 3.32. The van der Waals surface area contributed by atoms with E-state index in [2.05, 4.69) is 5.32 Å². The van der Waals surface area contributed by atoms with E-state index in [1.54, 1.807) is 12.1 Å². The van der Waals surface area contributed by atoms with Crippen molar-refractivity contribution in [3.63, 3.8) is 0 Å². The Labute approximate surface area is 166 Å². The van der Waals surface area contributed by atoms with Crippen LogP contribution >= 0.6 is 34.5 Å². The van der Waals surface area contributed by atoms with E-state index in [1.807, 2.05) is 13.0 Å². The number of halogens is 2. The van der Waals surface area contributed by atoms with Crippen LogP contribution in [-0.2, 0) is 22.4 Å². The molecular weight excluding hydrogens is 393 g/mol. The molecule has 1 N–H and O–H groups in total. The first-order valence-corrected chi connectivity index (χ1v) is 10.1. The van der Waals surface area contributed by atoms with Crippen molar-refractivity contribution in [2.75, 3.05) is 11.9 Å². The Kier molecular flexibility index (Phi) is 6.22. The molecule has 0 saturated heterocycles. The van der Waals surface area contributed by atoms with Crippen LogP contribution in [0.5, 0.6) is 0 Å². The lowest BCUT2D eigenvalue weighted by molar-refractivity contribution is -0.119. The highest BCUT2D eigenvalue weighted by Gasteiger charge is 2.19. The minimum absolute atomic E-state index is 0.331. The van der Waals surface area contributed by atoms with Crippen molar-refractivity contribution < 1.29 is 14.3 Å². The summed E-state index contributed by atoms with van der Waals surface area (Å²) in [6, 6.07) is 5.32. The maximum Gasteiger partial charge on any atom is 0.348 e. The van der Waals surface area contributed by atoms with Crippen molar-refractivity contribution in [1.82, 2.24) is 0 Å². The van der Waals surface area contributed by atoms with Crippen molar-refractivity contribution in [2.45, 2.75) is 39.0 Å². The zero-order valence-electron chi connectivity index (χ0n) is 14.4. The van der Waals surface area contributed by atoms with Crippen LogP contribution in [0.1, 0.15) is 44.9 Å². The molecule has 26 heavy (non-hydrogen) atoms. The molecule has 4 nitrogen and oxygen atoms in total. The number of thiophene rings is 1. The number of carbonyl (C=O) groups is 2. The molecule has 1 amide bonds. The Morgan fingerprint density at radius 2 is 1.96 bits per heavy atom. The third kappa shape index (κ3) is 4.40. The molecular formula is C19H19Cl2NO3S. The van der Waals surface area contributed by atoms with Crippen molar-refractivity contribution in [3.05, 3.63) is 49.1 Å². The molecule has 0 unspecified atom stereocenters. The first-order valence-electron chi connectivity index (χ1n) is 8.49. The quantitative estimate of drug-likeness (QED) is 0.538. The monoisotopic (exact) mass is 411 g/mol. The highest BCUT2D eigenvalue weighted by atomic mass is 35.5. The van der Waals surface area contributed by atoms with Crippen LogP contribution in [0.2, 0.25) is 10.0 Å². The first-order chi connectivity index (χ1) is 12.5. The van der Waals surface area contributed by atoms with E-state index in [1.165, 1.54) is 28.2 Å². The number of rotatable bonds is 4. The van der Waals surface area contributed by atoms with Gasteiger partial charge in [-0.2, -0.15) is 0 Å². The third-order valence-corrected chi connectivity index (χ3v) is 6.35. The van der Waals surface area contributed by atoms with Crippen molar-refractivity contribution in [1.29, 1.82) is 0 Å². The van der Waals surface area contributed by atoms with Crippen LogP contribution in [0, 0.1) is 6.92 Å². The minimum Gasteiger partial charge on any atom is -0.451 e. The summed E-state index contributed by atoms with van der Waals surface area (Å²) in [4.78, 5) is 26.2. The van der Waals surface area contributed by atoms with Crippen LogP contribution in [0.15, 0.2) is 18.2 Å². The summed E-state index contributed by atoms with van der Waals surface area (Å²) >= 11 is 13.7. The van der Waals surface area contributed by atoms with E-state index in [9.17, 15) is 9.59 Å². The van der Waals surface area contributed by atoms with Crippen LogP contribution in [0.3, 0.4) is 0 Å². The van der Waals surface area contributed by atoms with E-state index in [0.29, 0.717) is 20.6 Å². The first kappa shape index (κ1) is 19.2. The summed E-state index contributed by atoms with van der Waals surface area (Å²) in [5.41, 5.74) is 2.36. The number of aryl methyl sites for hydroxylation is 3. The van der Waals surface area contributed by atoms with Crippen molar-refractivity contribution >= 4 is 52.1 Å².